The number of H-pyrrole nitrogens is 1. The summed E-state index contributed by atoms with van der Waals surface area (Å²) in [5, 5.41) is 10.9. The van der Waals surface area contributed by atoms with Crippen molar-refractivity contribution in [2.45, 2.75) is 59.2 Å². The Hall–Kier alpha value is -4.85. The summed E-state index contributed by atoms with van der Waals surface area (Å²) in [6, 6.07) is 11.3. The van der Waals surface area contributed by atoms with E-state index in [1.54, 1.807) is 47.4 Å². The standard InChI is InChI=1S/C34H38ClF2N9O3/c1-32(2,3)16-34(23-9-6-20(7-10-23)22-13-41-45(14-22)29(36)37)28(47)46(30(38)42-34)26(15-49-31(48)44-17-33(4,5)18-44)21-8-11-25(35)24(12-21)27-39-19-40-43-27/h6-14,19,26,29H,15-18H2,1-5H3,(H2,38,42)(H,39,40,43)/t26-,34-/m1/s1. The van der Waals surface area contributed by atoms with Crippen molar-refractivity contribution in [3.8, 4) is 22.5 Å². The third-order valence-electron chi connectivity index (χ3n) is 8.63. The SMILES string of the molecule is CC(C)(C)C[C@]1(c2ccc(-c3cnn(C(F)F)c3)cc2)N=C(N)N([C@H](COC(=O)N2CC(C)(C)C2)c2ccc(Cl)c(-c3ncn[nH]3)c2)C1=O. The van der Waals surface area contributed by atoms with Gasteiger partial charge >= 0.3 is 12.6 Å². The number of halogens is 3. The van der Waals surface area contributed by atoms with E-state index >= 15 is 0 Å². The summed E-state index contributed by atoms with van der Waals surface area (Å²) in [4.78, 5) is 40.1. The molecule has 258 valence electrons. The Morgan fingerprint density at radius 1 is 1.12 bits per heavy atom. The van der Waals surface area contributed by atoms with Gasteiger partial charge in [0.05, 0.1) is 17.3 Å². The quantitative estimate of drug-likeness (QED) is 0.206. The molecule has 15 heteroatoms. The summed E-state index contributed by atoms with van der Waals surface area (Å²) in [6.45, 7) is 8.25. The number of nitrogens with one attached hydrogen (secondary N) is 1. The molecule has 6 rings (SSSR count). The fourth-order valence-electron chi connectivity index (χ4n) is 6.55. The summed E-state index contributed by atoms with van der Waals surface area (Å²) in [6.07, 6.45) is 3.77. The Balaban J connectivity index is 1.38. The van der Waals surface area contributed by atoms with Crippen LogP contribution in [0.5, 0.6) is 0 Å². The van der Waals surface area contributed by atoms with E-state index in [0.29, 0.717) is 56.4 Å². The average molecular weight is 694 g/mol. The molecule has 3 N–H and O–H groups in total. The van der Waals surface area contributed by atoms with Gasteiger partial charge in [0.25, 0.3) is 5.91 Å². The Morgan fingerprint density at radius 3 is 2.43 bits per heavy atom. The van der Waals surface area contributed by atoms with E-state index < -0.39 is 35.5 Å². The summed E-state index contributed by atoms with van der Waals surface area (Å²) >= 11 is 6.55. The Kier molecular flexibility index (Phi) is 8.72. The van der Waals surface area contributed by atoms with Gasteiger partial charge in [0, 0.05) is 35.8 Å². The Bertz CT molecular complexity index is 1880. The normalized spacial score (nSPS) is 19.6. The van der Waals surface area contributed by atoms with Crippen molar-refractivity contribution in [2.75, 3.05) is 19.7 Å². The van der Waals surface area contributed by atoms with Crippen molar-refractivity contribution in [3.05, 3.63) is 77.3 Å². The molecule has 0 unspecified atom stereocenters. The first-order valence-electron chi connectivity index (χ1n) is 15.8. The van der Waals surface area contributed by atoms with Crippen molar-refractivity contribution in [3.63, 3.8) is 0 Å². The third kappa shape index (κ3) is 6.74. The lowest BCUT2D eigenvalue weighted by atomic mass is 9.75. The van der Waals surface area contributed by atoms with Crippen LogP contribution in [-0.2, 0) is 15.1 Å². The smallest absolute Gasteiger partial charge is 0.409 e. The number of ether oxygens (including phenoxy) is 1. The van der Waals surface area contributed by atoms with E-state index in [9.17, 15) is 18.4 Å². The number of amides is 2. The predicted molar refractivity (Wildman–Crippen MR) is 179 cm³/mol. The number of alkyl halides is 2. The van der Waals surface area contributed by atoms with Gasteiger partial charge in [-0.15, -0.1) is 0 Å². The van der Waals surface area contributed by atoms with E-state index in [-0.39, 0.29) is 24.4 Å². The molecule has 0 saturated carbocycles. The molecule has 0 aliphatic carbocycles. The second kappa shape index (κ2) is 12.6. The lowest BCUT2D eigenvalue weighted by molar-refractivity contribution is -0.135. The number of nitrogens with zero attached hydrogens (tertiary/aromatic N) is 7. The molecule has 2 amide bonds. The maximum absolute atomic E-state index is 14.9. The average Bonchev–Trinajstić information content (AvgIpc) is 3.78. The maximum Gasteiger partial charge on any atom is 0.409 e. The minimum absolute atomic E-state index is 0.00586. The molecule has 2 aromatic heterocycles. The second-order valence-corrected chi connectivity index (χ2v) is 14.9. The number of carbonyl (C=O) groups excluding carboxylic acids is 2. The van der Waals surface area contributed by atoms with E-state index in [1.807, 2.05) is 20.8 Å². The van der Waals surface area contributed by atoms with E-state index in [4.69, 9.17) is 27.1 Å². The number of hydrogen-bond donors (Lipinski definition) is 2. The van der Waals surface area contributed by atoms with Gasteiger partial charge in [-0.25, -0.2) is 19.5 Å². The second-order valence-electron chi connectivity index (χ2n) is 14.5. The molecule has 12 nitrogen and oxygen atoms in total. The van der Waals surface area contributed by atoms with Crippen LogP contribution in [0.4, 0.5) is 13.6 Å². The minimum Gasteiger partial charge on any atom is -0.447 e. The maximum atomic E-state index is 14.9. The van der Waals surface area contributed by atoms with Crippen molar-refractivity contribution in [1.82, 2.24) is 34.8 Å². The van der Waals surface area contributed by atoms with Crippen molar-refractivity contribution >= 4 is 29.6 Å². The van der Waals surface area contributed by atoms with E-state index in [0.717, 1.165) is 0 Å². The lowest BCUT2D eigenvalue weighted by Crippen LogP contribution is -2.56. The highest BCUT2D eigenvalue weighted by Gasteiger charge is 2.53. The summed E-state index contributed by atoms with van der Waals surface area (Å²) in [7, 11) is 0. The summed E-state index contributed by atoms with van der Waals surface area (Å²) in [5.74, 6) is -0.0274. The number of aromatic amines is 1. The largest absolute Gasteiger partial charge is 0.447 e. The Morgan fingerprint density at radius 2 is 1.84 bits per heavy atom. The molecule has 0 spiro atoms. The van der Waals surface area contributed by atoms with Crippen LogP contribution in [0.2, 0.25) is 5.02 Å². The molecular formula is C34H38ClF2N9O3. The molecule has 0 radical (unpaired) electrons. The van der Waals surface area contributed by atoms with Crippen LogP contribution in [0.15, 0.2) is 66.2 Å². The van der Waals surface area contributed by atoms with Crippen LogP contribution in [0, 0.1) is 10.8 Å². The molecule has 1 fully saturated rings. The van der Waals surface area contributed by atoms with Gasteiger partial charge in [-0.3, -0.25) is 14.8 Å². The first-order valence-corrected chi connectivity index (χ1v) is 16.1. The van der Waals surface area contributed by atoms with Gasteiger partial charge in [0.15, 0.2) is 17.3 Å². The van der Waals surface area contributed by atoms with Crippen LogP contribution in [0.1, 0.15) is 64.8 Å². The lowest BCUT2D eigenvalue weighted by Gasteiger charge is -2.45. The zero-order valence-electron chi connectivity index (χ0n) is 27.8. The highest BCUT2D eigenvalue weighted by atomic mass is 35.5. The number of carbonyl (C=O) groups is 2. The van der Waals surface area contributed by atoms with Gasteiger partial charge < -0.3 is 15.4 Å². The van der Waals surface area contributed by atoms with Crippen LogP contribution >= 0.6 is 11.6 Å². The number of guanidine groups is 1. The van der Waals surface area contributed by atoms with Gasteiger partial charge in [-0.1, -0.05) is 76.6 Å². The summed E-state index contributed by atoms with van der Waals surface area (Å²) in [5.41, 5.74) is 7.65. The molecule has 1 saturated heterocycles. The monoisotopic (exact) mass is 693 g/mol. The number of aliphatic imine (C=N–C) groups is 1. The summed E-state index contributed by atoms with van der Waals surface area (Å²) < 4.78 is 32.8. The number of aromatic nitrogens is 5. The minimum atomic E-state index is -2.76. The zero-order chi connectivity index (χ0) is 35.3. The number of hydrogen-bond acceptors (Lipinski definition) is 8. The molecular weight excluding hydrogens is 656 g/mol. The van der Waals surface area contributed by atoms with Crippen LogP contribution in [-0.4, -0.2) is 72.4 Å². The van der Waals surface area contributed by atoms with Crippen LogP contribution in [0.3, 0.4) is 0 Å². The molecule has 2 aliphatic heterocycles. The molecule has 4 aromatic rings. The van der Waals surface area contributed by atoms with Gasteiger partial charge in [0.2, 0.25) is 0 Å². The molecule has 0 bridgehead atoms. The van der Waals surface area contributed by atoms with E-state index in [1.165, 1.54) is 23.6 Å². The van der Waals surface area contributed by atoms with Gasteiger partial charge in [0.1, 0.15) is 12.9 Å². The Labute approximate surface area is 287 Å². The van der Waals surface area contributed by atoms with Crippen LogP contribution < -0.4 is 5.73 Å². The molecule has 2 aliphatic rings. The highest BCUT2D eigenvalue weighted by molar-refractivity contribution is 6.33. The molecule has 2 atom stereocenters. The number of rotatable bonds is 9. The first kappa shape index (κ1) is 34.0. The van der Waals surface area contributed by atoms with Gasteiger partial charge in [-0.2, -0.15) is 19.0 Å². The number of nitrogens with two attached hydrogens (primary N) is 1. The van der Waals surface area contributed by atoms with Crippen molar-refractivity contribution < 1.29 is 23.1 Å². The highest BCUT2D eigenvalue weighted by Crippen LogP contribution is 2.45. The topological polar surface area (TPSA) is 148 Å². The predicted octanol–water partition coefficient (Wildman–Crippen LogP) is 6.39. The molecule has 49 heavy (non-hydrogen) atoms. The first-order chi connectivity index (χ1) is 23.1. The number of benzene rings is 2. The van der Waals surface area contributed by atoms with Gasteiger partial charge in [-0.05, 0) is 40.7 Å². The number of likely N-dealkylation sites (tertiary alicyclic amines) is 1. The molecule has 4 heterocycles. The fourth-order valence-corrected chi connectivity index (χ4v) is 6.76. The van der Waals surface area contributed by atoms with Crippen molar-refractivity contribution in [1.29, 1.82) is 0 Å². The van der Waals surface area contributed by atoms with Crippen molar-refractivity contribution in [2.24, 2.45) is 21.6 Å². The molecule has 2 aromatic carbocycles. The van der Waals surface area contributed by atoms with E-state index in [2.05, 4.69) is 34.1 Å². The zero-order valence-corrected chi connectivity index (χ0v) is 28.6. The van der Waals surface area contributed by atoms with Crippen LogP contribution in [0.25, 0.3) is 22.5 Å². The fraction of sp³-hybridized carbons (Fsp3) is 0.412. The third-order valence-corrected chi connectivity index (χ3v) is 8.96.